The minimum Gasteiger partial charge on any atom is -0.492 e. The van der Waals surface area contributed by atoms with Gasteiger partial charge in [0.2, 0.25) is 0 Å². The Kier molecular flexibility index (Phi) is 14.0. The van der Waals surface area contributed by atoms with Crippen molar-refractivity contribution in [3.8, 4) is 28.4 Å². The van der Waals surface area contributed by atoms with Gasteiger partial charge in [0.1, 0.15) is 30.5 Å². The predicted molar refractivity (Wildman–Crippen MR) is 175 cm³/mol. The van der Waals surface area contributed by atoms with Crippen LogP contribution < -0.4 is 19.5 Å². The molecule has 0 atom stereocenters. The van der Waals surface area contributed by atoms with Gasteiger partial charge < -0.3 is 34.6 Å². The molecule has 0 saturated heterocycles. The van der Waals surface area contributed by atoms with Crippen LogP contribution in [0.5, 0.6) is 17.2 Å². The van der Waals surface area contributed by atoms with Crippen molar-refractivity contribution in [3.05, 3.63) is 74.7 Å². The summed E-state index contributed by atoms with van der Waals surface area (Å²) in [5.74, 6) is 1.63. The summed E-state index contributed by atoms with van der Waals surface area (Å²) in [4.78, 5) is 2.02. The fraction of sp³-hybridized carbons (Fsp3) is 0.419. The van der Waals surface area contributed by atoms with Crippen molar-refractivity contribution in [1.29, 1.82) is 0 Å². The maximum atomic E-state index is 9.67. The Hall–Kier alpha value is -1.75. The van der Waals surface area contributed by atoms with E-state index in [2.05, 4.69) is 21.2 Å². The standard InChI is InChI=1S/C31H38BrCl3N2O5/c1-31(19-38,20-39)36-17-22-15-25(33)28(16-27(22)41-14-12-37(2)3)42-18-21-7-4-8-23(29(21)34)24-9-5-10-26(30(24)35)40-13-6-11-32/h4-5,7-10,15-16,36,38-39H,6,11-14,17-20H2,1-3H3. The number of nitrogens with one attached hydrogen (secondary N) is 1. The molecule has 0 aliphatic carbocycles. The summed E-state index contributed by atoms with van der Waals surface area (Å²) in [6.45, 7) is 3.47. The van der Waals surface area contributed by atoms with Gasteiger partial charge in [-0.1, -0.05) is 81.1 Å². The van der Waals surface area contributed by atoms with Gasteiger partial charge in [-0.05, 0) is 39.6 Å². The molecule has 42 heavy (non-hydrogen) atoms. The van der Waals surface area contributed by atoms with Crippen molar-refractivity contribution in [2.45, 2.75) is 32.0 Å². The summed E-state index contributed by atoms with van der Waals surface area (Å²) in [5.41, 5.74) is 2.21. The number of aliphatic hydroxyl groups is 2. The number of likely N-dealkylation sites (N-methyl/N-ethyl adjacent to an activating group) is 1. The largest absolute Gasteiger partial charge is 0.492 e. The van der Waals surface area contributed by atoms with E-state index >= 15 is 0 Å². The lowest BCUT2D eigenvalue weighted by atomic mass is 10.0. The first-order chi connectivity index (χ1) is 20.1. The highest BCUT2D eigenvalue weighted by molar-refractivity contribution is 9.09. The summed E-state index contributed by atoms with van der Waals surface area (Å²) in [7, 11) is 3.93. The molecule has 11 heteroatoms. The SMILES string of the molecule is CN(C)CCOc1cc(OCc2cccc(-c3cccc(OCCCBr)c3Cl)c2Cl)c(Cl)cc1CNC(C)(CO)CO. The quantitative estimate of drug-likeness (QED) is 0.105. The van der Waals surface area contributed by atoms with E-state index in [0.717, 1.165) is 34.0 Å². The Labute approximate surface area is 271 Å². The van der Waals surface area contributed by atoms with Gasteiger partial charge >= 0.3 is 0 Å². The Bertz CT molecular complexity index is 1310. The lowest BCUT2D eigenvalue weighted by molar-refractivity contribution is 0.103. The number of halogens is 4. The maximum absolute atomic E-state index is 9.67. The first kappa shape index (κ1) is 34.7. The van der Waals surface area contributed by atoms with Crippen LogP contribution in [-0.4, -0.2) is 73.0 Å². The molecule has 3 N–H and O–H groups in total. The second-order valence-corrected chi connectivity index (χ2v) is 12.3. The van der Waals surface area contributed by atoms with Crippen molar-refractivity contribution in [2.24, 2.45) is 0 Å². The molecular formula is C31H38BrCl3N2O5. The number of ether oxygens (including phenoxy) is 3. The van der Waals surface area contributed by atoms with E-state index in [1.54, 1.807) is 19.1 Å². The lowest BCUT2D eigenvalue weighted by Gasteiger charge is -2.27. The van der Waals surface area contributed by atoms with Crippen LogP contribution in [0.2, 0.25) is 15.1 Å². The molecule has 0 aromatic heterocycles. The van der Waals surface area contributed by atoms with Gasteiger partial charge in [-0.15, -0.1) is 0 Å². The second kappa shape index (κ2) is 16.9. The molecule has 0 bridgehead atoms. The minimum atomic E-state index is -0.855. The van der Waals surface area contributed by atoms with Gasteiger partial charge in [0.25, 0.3) is 0 Å². The van der Waals surface area contributed by atoms with Crippen LogP contribution in [0.1, 0.15) is 24.5 Å². The van der Waals surface area contributed by atoms with Crippen LogP contribution in [0.3, 0.4) is 0 Å². The number of alkyl halides is 1. The normalized spacial score (nSPS) is 11.7. The van der Waals surface area contributed by atoms with E-state index in [-0.39, 0.29) is 19.8 Å². The molecular weight excluding hydrogens is 667 g/mol. The van der Waals surface area contributed by atoms with E-state index in [1.807, 2.05) is 55.4 Å². The summed E-state index contributed by atoms with van der Waals surface area (Å²) in [6, 6.07) is 14.9. The highest BCUT2D eigenvalue weighted by Gasteiger charge is 2.23. The van der Waals surface area contributed by atoms with Gasteiger partial charge in [0.05, 0.1) is 40.4 Å². The maximum Gasteiger partial charge on any atom is 0.142 e. The number of hydrogen-bond acceptors (Lipinski definition) is 7. The van der Waals surface area contributed by atoms with Gasteiger partial charge in [0.15, 0.2) is 0 Å². The molecule has 3 aromatic carbocycles. The zero-order chi connectivity index (χ0) is 30.7. The van der Waals surface area contributed by atoms with E-state index in [4.69, 9.17) is 49.0 Å². The highest BCUT2D eigenvalue weighted by Crippen LogP contribution is 2.40. The molecule has 0 saturated carbocycles. The van der Waals surface area contributed by atoms with Crippen LogP contribution in [0.25, 0.3) is 11.1 Å². The van der Waals surface area contributed by atoms with E-state index in [1.165, 1.54) is 0 Å². The fourth-order valence-corrected chi connectivity index (χ4v) is 4.92. The number of hydrogen-bond donors (Lipinski definition) is 3. The molecule has 0 fully saturated rings. The van der Waals surface area contributed by atoms with E-state index < -0.39 is 5.54 Å². The molecule has 0 radical (unpaired) electrons. The molecule has 0 heterocycles. The number of rotatable bonds is 17. The lowest BCUT2D eigenvalue weighted by Crippen LogP contribution is -2.48. The van der Waals surface area contributed by atoms with Gasteiger partial charge in [-0.25, -0.2) is 0 Å². The number of aliphatic hydroxyl groups excluding tert-OH is 2. The smallest absolute Gasteiger partial charge is 0.142 e. The van der Waals surface area contributed by atoms with Gasteiger partial charge in [0, 0.05) is 46.7 Å². The number of benzene rings is 3. The first-order valence-electron chi connectivity index (χ1n) is 13.6. The van der Waals surface area contributed by atoms with E-state index in [9.17, 15) is 10.2 Å². The molecule has 3 rings (SSSR count). The fourth-order valence-electron chi connectivity index (χ4n) is 3.89. The molecule has 0 amide bonds. The second-order valence-electron chi connectivity index (χ2n) is 10.3. The zero-order valence-corrected chi connectivity index (χ0v) is 27.9. The van der Waals surface area contributed by atoms with Crippen molar-refractivity contribution in [3.63, 3.8) is 0 Å². The topological polar surface area (TPSA) is 83.4 Å². The molecule has 3 aromatic rings. The molecule has 0 unspecified atom stereocenters. The summed E-state index contributed by atoms with van der Waals surface area (Å²) in [5, 5.41) is 24.8. The third kappa shape index (κ3) is 9.63. The molecule has 7 nitrogen and oxygen atoms in total. The molecule has 0 aliphatic heterocycles. The van der Waals surface area contributed by atoms with Gasteiger partial charge in [-0.3, -0.25) is 0 Å². The van der Waals surface area contributed by atoms with E-state index in [0.29, 0.717) is 58.6 Å². The Morgan fingerprint density at radius 2 is 1.50 bits per heavy atom. The van der Waals surface area contributed by atoms with Crippen LogP contribution in [0.4, 0.5) is 0 Å². The first-order valence-corrected chi connectivity index (χ1v) is 15.8. The van der Waals surface area contributed by atoms with Gasteiger partial charge in [-0.2, -0.15) is 0 Å². The Morgan fingerprint density at radius 1 is 0.833 bits per heavy atom. The molecule has 0 spiro atoms. The Morgan fingerprint density at radius 3 is 2.17 bits per heavy atom. The summed E-state index contributed by atoms with van der Waals surface area (Å²) in [6.07, 6.45) is 0.862. The van der Waals surface area contributed by atoms with Crippen LogP contribution in [0.15, 0.2) is 48.5 Å². The molecule has 0 aliphatic rings. The summed E-state index contributed by atoms with van der Waals surface area (Å²) < 4.78 is 18.1. The highest BCUT2D eigenvalue weighted by atomic mass is 79.9. The predicted octanol–water partition coefficient (Wildman–Crippen LogP) is 6.83. The average Bonchev–Trinajstić information content (AvgIpc) is 2.97. The third-order valence-corrected chi connectivity index (χ3v) is 8.26. The monoisotopic (exact) mass is 702 g/mol. The van der Waals surface area contributed by atoms with Crippen molar-refractivity contribution in [2.75, 3.05) is 52.4 Å². The average molecular weight is 705 g/mol. The van der Waals surface area contributed by atoms with Crippen LogP contribution in [0, 0.1) is 0 Å². The molecule has 230 valence electrons. The third-order valence-electron chi connectivity index (χ3n) is 6.57. The summed E-state index contributed by atoms with van der Waals surface area (Å²) >= 11 is 23.6. The van der Waals surface area contributed by atoms with Crippen molar-refractivity contribution >= 4 is 50.7 Å². The minimum absolute atomic E-state index is 0.160. The van der Waals surface area contributed by atoms with Crippen molar-refractivity contribution < 1.29 is 24.4 Å². The Balaban J connectivity index is 1.84. The zero-order valence-electron chi connectivity index (χ0n) is 24.1. The van der Waals surface area contributed by atoms with Crippen molar-refractivity contribution in [1.82, 2.24) is 10.2 Å². The van der Waals surface area contributed by atoms with Crippen LogP contribution >= 0.6 is 50.7 Å². The number of nitrogens with zero attached hydrogens (tertiary/aromatic N) is 1. The van der Waals surface area contributed by atoms with Crippen LogP contribution in [-0.2, 0) is 13.2 Å².